The van der Waals surface area contributed by atoms with Gasteiger partial charge < -0.3 is 50.9 Å². The number of carboxylic acid groups (broad SMARTS) is 1. The van der Waals surface area contributed by atoms with E-state index in [-0.39, 0.29) is 39.4 Å². The number of hydrogen-bond acceptors (Lipinski definition) is 13. The first-order chi connectivity index (χ1) is 32.6. The van der Waals surface area contributed by atoms with Gasteiger partial charge >= 0.3 is 6.09 Å². The summed E-state index contributed by atoms with van der Waals surface area (Å²) < 4.78 is 5.89. The first kappa shape index (κ1) is 51.4. The van der Waals surface area contributed by atoms with E-state index in [1.807, 2.05) is 81.4 Å². The number of anilines is 2. The van der Waals surface area contributed by atoms with E-state index in [1.54, 1.807) is 24.3 Å². The number of fused-ring (bicyclic) bond motifs is 2. The smallest absolute Gasteiger partial charge is 0.407 e. The topological polar surface area (TPSA) is 201 Å². The molecule has 4 aromatic carbocycles. The highest BCUT2D eigenvalue weighted by Gasteiger charge is 2.40. The molecule has 0 saturated carbocycles. The highest BCUT2D eigenvalue weighted by molar-refractivity contribution is 5.92. The van der Waals surface area contributed by atoms with Gasteiger partial charge in [-0.3, -0.25) is 0 Å². The second kappa shape index (κ2) is 19.7. The number of piperidine rings is 2. The molecule has 7 N–H and O–H groups in total. The minimum absolute atomic E-state index is 0.0314. The first-order valence-electron chi connectivity index (χ1n) is 24.3. The number of carbonyl (C=O) groups is 1. The van der Waals surface area contributed by atoms with Gasteiger partial charge in [-0.2, -0.15) is 0 Å². The summed E-state index contributed by atoms with van der Waals surface area (Å²) in [4.78, 5) is 15.2. The number of phenols is 3. The molecule has 0 radical (unpaired) electrons. The van der Waals surface area contributed by atoms with E-state index in [4.69, 9.17) is 4.74 Å². The molecular weight excluding hydrogens is 883 g/mol. The fourth-order valence-corrected chi connectivity index (χ4v) is 10.7. The number of aromatic hydroxyl groups is 3. The second-order valence-electron chi connectivity index (χ2n) is 22.9. The molecule has 70 heavy (non-hydrogen) atoms. The molecule has 2 aliphatic heterocycles. The molecule has 4 heterocycles. The Hall–Kier alpha value is -6.45. The quantitative estimate of drug-likeness (QED) is 0.0605. The second-order valence-corrected chi connectivity index (χ2v) is 22.9. The number of aromatic nitrogens is 4. The van der Waals surface area contributed by atoms with Crippen LogP contribution in [0.15, 0.2) is 84.9 Å². The lowest BCUT2D eigenvalue weighted by Crippen LogP contribution is -2.62. The molecule has 2 saturated heterocycles. The molecule has 6 aromatic rings. The van der Waals surface area contributed by atoms with Gasteiger partial charge in [0.1, 0.15) is 28.8 Å². The summed E-state index contributed by atoms with van der Waals surface area (Å²) in [5, 5.41) is 72.4. The predicted molar refractivity (Wildman–Crippen MR) is 280 cm³/mol. The molecular formula is C55H73N9O6. The van der Waals surface area contributed by atoms with E-state index in [0.29, 0.717) is 59.9 Å². The average molecular weight is 956 g/mol. The van der Waals surface area contributed by atoms with E-state index in [9.17, 15) is 25.2 Å². The maximum atomic E-state index is 11.5. The van der Waals surface area contributed by atoms with Crippen LogP contribution in [-0.2, 0) is 0 Å². The van der Waals surface area contributed by atoms with Crippen molar-refractivity contribution in [3.63, 3.8) is 0 Å². The largest absolute Gasteiger partial charge is 0.508 e. The minimum Gasteiger partial charge on any atom is -0.508 e. The van der Waals surface area contributed by atoms with Crippen molar-refractivity contribution in [2.75, 3.05) is 30.4 Å². The van der Waals surface area contributed by atoms with Gasteiger partial charge in [-0.25, -0.2) is 4.79 Å². The molecule has 0 atom stereocenters. The number of phenolic OH excluding ortho intramolecular Hbond substituents is 3. The number of nitrogens with zero attached hydrogens (tertiary/aromatic N) is 6. The van der Waals surface area contributed by atoms with Crippen LogP contribution < -0.4 is 25.6 Å². The molecule has 2 aromatic heterocycles. The Morgan fingerprint density at radius 2 is 1.20 bits per heavy atom. The number of hydrogen-bond donors (Lipinski definition) is 7. The van der Waals surface area contributed by atoms with Crippen molar-refractivity contribution in [3.05, 3.63) is 84.9 Å². The van der Waals surface area contributed by atoms with Crippen LogP contribution in [0.2, 0.25) is 0 Å². The molecule has 1 amide bonds. The summed E-state index contributed by atoms with van der Waals surface area (Å²) in [6.07, 6.45) is 3.64. The third-order valence-corrected chi connectivity index (χ3v) is 13.2. The van der Waals surface area contributed by atoms with Crippen molar-refractivity contribution < 1.29 is 30.0 Å². The number of benzene rings is 4. The molecule has 374 valence electrons. The number of nitrogens with one attached hydrogen (secondary N) is 3. The van der Waals surface area contributed by atoms with Crippen LogP contribution in [-0.4, -0.2) is 112 Å². The third kappa shape index (κ3) is 12.8. The lowest BCUT2D eigenvalue weighted by atomic mass is 9.79. The van der Waals surface area contributed by atoms with E-state index in [2.05, 4.69) is 104 Å². The summed E-state index contributed by atoms with van der Waals surface area (Å²) in [5.41, 5.74) is 2.15. The summed E-state index contributed by atoms with van der Waals surface area (Å²) in [6, 6.07) is 26.2. The van der Waals surface area contributed by atoms with Crippen LogP contribution in [0.5, 0.6) is 23.0 Å². The van der Waals surface area contributed by atoms with Crippen LogP contribution in [0.25, 0.3) is 44.1 Å². The number of ether oxygens (including phenoxy) is 1. The standard InChI is InChI=1S/C32H45N5O4.C23H28N4O2/c1-30(2,3)37(29(39)40)14-9-15-41-24-11-10-21-17-25(27(38)18-22(21)16-24)26-12-13-28(34-33-26)36(8)23-19-31(4,5)35-32(6,7)20-23;1-22(2)12-16(13-23(3,4)27-22)24-21-8-7-19(25-26-21)18-10-14-5-6-17(28)9-15(14)11-20(18)29/h10-13,16-18,23,35,38H,9,14-15,19-20H2,1-8H3,(H,39,40);5-11,16,27-29H,12-13H2,1-4H3,(H,24,26). The van der Waals surface area contributed by atoms with Gasteiger partial charge in [0.15, 0.2) is 5.82 Å². The summed E-state index contributed by atoms with van der Waals surface area (Å²) in [7, 11) is 2.08. The SMILES string of the molecule is CC1(C)CC(Nc2ccc(-c3cc4ccc(O)cc4cc3O)nn2)CC(C)(C)N1.CN(c1ccc(-c2cc3ccc(OCCCN(C(=O)O)C(C)(C)C)cc3cc2O)nn1)C1CC(C)(C)NC(C)(C)C1. The van der Waals surface area contributed by atoms with Crippen molar-refractivity contribution in [2.45, 2.75) is 148 Å². The van der Waals surface area contributed by atoms with Gasteiger partial charge in [-0.05, 0) is 203 Å². The monoisotopic (exact) mass is 956 g/mol. The lowest BCUT2D eigenvalue weighted by Gasteiger charge is -2.49. The molecule has 0 bridgehead atoms. The van der Waals surface area contributed by atoms with Crippen LogP contribution in [0.3, 0.4) is 0 Å². The molecule has 8 rings (SSSR count). The van der Waals surface area contributed by atoms with Gasteiger partial charge in [0.2, 0.25) is 0 Å². The fraction of sp³-hybridized carbons (Fsp3) is 0.473. The van der Waals surface area contributed by atoms with Crippen LogP contribution in [0.1, 0.15) is 108 Å². The zero-order chi connectivity index (χ0) is 51.0. The van der Waals surface area contributed by atoms with Gasteiger partial charge in [0.05, 0.1) is 18.0 Å². The van der Waals surface area contributed by atoms with Gasteiger partial charge in [-0.1, -0.05) is 12.1 Å². The van der Waals surface area contributed by atoms with Gasteiger partial charge in [0, 0.05) is 64.5 Å². The van der Waals surface area contributed by atoms with Crippen LogP contribution in [0.4, 0.5) is 16.4 Å². The van der Waals surface area contributed by atoms with E-state index >= 15 is 0 Å². The molecule has 15 nitrogen and oxygen atoms in total. The average Bonchev–Trinajstić information content (AvgIpc) is 3.23. The molecule has 0 unspecified atom stereocenters. The van der Waals surface area contributed by atoms with Crippen molar-refractivity contribution in [1.82, 2.24) is 35.9 Å². The minimum atomic E-state index is -0.935. The van der Waals surface area contributed by atoms with Crippen molar-refractivity contribution in [3.8, 4) is 45.5 Å². The van der Waals surface area contributed by atoms with Gasteiger partial charge in [-0.15, -0.1) is 20.4 Å². The molecule has 0 aliphatic carbocycles. The Morgan fingerprint density at radius 1 is 0.671 bits per heavy atom. The molecule has 2 fully saturated rings. The van der Waals surface area contributed by atoms with Crippen molar-refractivity contribution in [2.24, 2.45) is 0 Å². The van der Waals surface area contributed by atoms with Crippen molar-refractivity contribution >= 4 is 39.3 Å². The first-order valence-corrected chi connectivity index (χ1v) is 24.3. The van der Waals surface area contributed by atoms with Crippen LogP contribution >= 0.6 is 0 Å². The zero-order valence-corrected chi connectivity index (χ0v) is 43.0. The van der Waals surface area contributed by atoms with Crippen molar-refractivity contribution in [1.29, 1.82) is 0 Å². The lowest BCUT2D eigenvalue weighted by molar-refractivity contribution is 0.0962. The Labute approximate surface area is 412 Å². The summed E-state index contributed by atoms with van der Waals surface area (Å²) in [6.45, 7) is 24.3. The number of rotatable bonds is 11. The number of amides is 1. The van der Waals surface area contributed by atoms with E-state index < -0.39 is 11.6 Å². The maximum Gasteiger partial charge on any atom is 0.407 e. The highest BCUT2D eigenvalue weighted by Crippen LogP contribution is 2.38. The Morgan fingerprint density at radius 3 is 1.71 bits per heavy atom. The molecule has 0 spiro atoms. The summed E-state index contributed by atoms with van der Waals surface area (Å²) >= 11 is 0. The molecule has 2 aliphatic rings. The fourth-order valence-electron chi connectivity index (χ4n) is 10.7. The Bertz CT molecular complexity index is 2770. The Balaban J connectivity index is 0.000000218. The van der Waals surface area contributed by atoms with Crippen LogP contribution in [0, 0.1) is 0 Å². The zero-order valence-electron chi connectivity index (χ0n) is 43.0. The maximum absolute atomic E-state index is 11.5. The Kier molecular flexibility index (Phi) is 14.5. The molecule has 15 heteroatoms. The van der Waals surface area contributed by atoms with E-state index in [0.717, 1.165) is 58.9 Å². The highest BCUT2D eigenvalue weighted by atomic mass is 16.5. The van der Waals surface area contributed by atoms with Gasteiger partial charge in [0.25, 0.3) is 0 Å². The normalized spacial score (nSPS) is 17.6. The summed E-state index contributed by atoms with van der Waals surface area (Å²) in [5.74, 6) is 2.61. The van der Waals surface area contributed by atoms with E-state index in [1.165, 1.54) is 4.90 Å². The predicted octanol–water partition coefficient (Wildman–Crippen LogP) is 10.7. The third-order valence-electron chi connectivity index (χ3n) is 13.2.